The Morgan fingerprint density at radius 1 is 0.566 bits per heavy atom. The zero-order valence-electron chi connectivity index (χ0n) is 34.2. The topological polar surface area (TPSA) is 117 Å². The highest BCUT2D eigenvalue weighted by Gasteiger charge is 2.25. The number of hydrogen-bond donors (Lipinski definition) is 2. The fourth-order valence-electron chi connectivity index (χ4n) is 5.76. The van der Waals surface area contributed by atoms with Crippen molar-refractivity contribution in [1.29, 1.82) is 0 Å². The molecular weight excluding hydrogens is 685 g/mol. The van der Waals surface area contributed by atoms with E-state index in [0.717, 1.165) is 64.2 Å². The Labute approximate surface area is 326 Å². The second kappa shape index (κ2) is 41.6. The molecule has 0 aromatic rings. The Bertz CT molecular complexity index is 952. The zero-order valence-corrected chi connectivity index (χ0v) is 35.1. The van der Waals surface area contributed by atoms with E-state index in [1.807, 2.05) is 0 Å². The van der Waals surface area contributed by atoms with Gasteiger partial charge in [0.2, 0.25) is 0 Å². The lowest BCUT2D eigenvalue weighted by molar-refractivity contribution is -0.154. The van der Waals surface area contributed by atoms with Gasteiger partial charge in [-0.25, -0.2) is 4.57 Å². The van der Waals surface area contributed by atoms with Gasteiger partial charge >= 0.3 is 13.8 Å². The molecule has 0 saturated heterocycles. The number of unbranched alkanes of at least 4 members (excludes halogenated alkanes) is 20. The minimum Gasteiger partial charge on any atom is -0.457 e. The van der Waals surface area contributed by atoms with E-state index >= 15 is 0 Å². The van der Waals surface area contributed by atoms with Crippen molar-refractivity contribution in [2.45, 2.75) is 193 Å². The summed E-state index contributed by atoms with van der Waals surface area (Å²) in [6.45, 7) is 4.85. The number of nitrogens with two attached hydrogens (primary N) is 1. The standard InChI is InChI=1S/C44H82NO7P/c1-3-5-7-9-11-13-15-17-19-21-22-24-26-28-30-32-34-36-39-49-41-43(42-51-53(47,48)50-40-38-45)52-44(46)37-35-33-31-29-27-25-23-20-18-16-14-12-10-8-6-4-2/h11,13-14,16-17,19-20,23,43H,3-10,12,15,18,21-22,24-42,45H2,1-2H3,(H,47,48)/b13-11-,16-14-,19-17-,23-20-. The molecular formula is C44H82NO7P. The molecule has 0 aliphatic heterocycles. The molecule has 0 saturated carbocycles. The predicted octanol–water partition coefficient (Wildman–Crippen LogP) is 12.8. The van der Waals surface area contributed by atoms with Crippen LogP contribution in [0.5, 0.6) is 0 Å². The molecule has 0 rings (SSSR count). The van der Waals surface area contributed by atoms with Crippen LogP contribution in [0, 0.1) is 0 Å². The summed E-state index contributed by atoms with van der Waals surface area (Å²) in [6.07, 6.45) is 48.3. The first-order chi connectivity index (χ1) is 25.9. The van der Waals surface area contributed by atoms with Gasteiger partial charge < -0.3 is 20.1 Å². The molecule has 0 bridgehead atoms. The second-order valence-electron chi connectivity index (χ2n) is 14.2. The average Bonchev–Trinajstić information content (AvgIpc) is 3.15. The summed E-state index contributed by atoms with van der Waals surface area (Å²) in [5.41, 5.74) is 5.37. The van der Waals surface area contributed by atoms with Crippen molar-refractivity contribution in [3.8, 4) is 0 Å². The van der Waals surface area contributed by atoms with Gasteiger partial charge in [0.15, 0.2) is 0 Å². The van der Waals surface area contributed by atoms with Crippen LogP contribution in [0.3, 0.4) is 0 Å². The zero-order chi connectivity index (χ0) is 38.8. The Kier molecular flexibility index (Phi) is 40.4. The highest BCUT2D eigenvalue weighted by atomic mass is 31.2. The van der Waals surface area contributed by atoms with Crippen molar-refractivity contribution < 1.29 is 32.8 Å². The van der Waals surface area contributed by atoms with Crippen molar-refractivity contribution in [1.82, 2.24) is 0 Å². The van der Waals surface area contributed by atoms with Gasteiger partial charge in [-0.3, -0.25) is 13.8 Å². The van der Waals surface area contributed by atoms with Gasteiger partial charge in [0.05, 0.1) is 19.8 Å². The average molecular weight is 768 g/mol. The van der Waals surface area contributed by atoms with Gasteiger partial charge in [0.1, 0.15) is 6.10 Å². The molecule has 2 unspecified atom stereocenters. The molecule has 0 aliphatic rings. The number of phosphoric acid groups is 1. The van der Waals surface area contributed by atoms with Gasteiger partial charge in [-0.05, 0) is 77.0 Å². The maximum absolute atomic E-state index is 12.6. The number of carbonyl (C=O) groups is 1. The third-order valence-electron chi connectivity index (χ3n) is 8.97. The third-order valence-corrected chi connectivity index (χ3v) is 9.95. The number of rotatable bonds is 41. The van der Waals surface area contributed by atoms with Crippen LogP contribution in [0.15, 0.2) is 48.6 Å². The molecule has 3 N–H and O–H groups in total. The van der Waals surface area contributed by atoms with E-state index in [2.05, 4.69) is 62.5 Å². The summed E-state index contributed by atoms with van der Waals surface area (Å²) in [4.78, 5) is 22.5. The molecule has 0 aliphatic carbocycles. The minimum atomic E-state index is -4.28. The van der Waals surface area contributed by atoms with Gasteiger partial charge in [0, 0.05) is 19.6 Å². The summed E-state index contributed by atoms with van der Waals surface area (Å²) < 4.78 is 33.4. The number of ether oxygens (including phenoxy) is 2. The lowest BCUT2D eigenvalue weighted by Gasteiger charge is -2.20. The molecule has 8 nitrogen and oxygen atoms in total. The number of esters is 1. The second-order valence-corrected chi connectivity index (χ2v) is 15.7. The molecule has 0 amide bonds. The summed E-state index contributed by atoms with van der Waals surface area (Å²) in [7, 11) is -4.28. The maximum atomic E-state index is 12.6. The summed E-state index contributed by atoms with van der Waals surface area (Å²) in [5.74, 6) is -0.347. The summed E-state index contributed by atoms with van der Waals surface area (Å²) in [6, 6.07) is 0. The van der Waals surface area contributed by atoms with Crippen molar-refractivity contribution in [2.24, 2.45) is 5.73 Å². The monoisotopic (exact) mass is 768 g/mol. The van der Waals surface area contributed by atoms with Crippen LogP contribution in [0.2, 0.25) is 0 Å². The van der Waals surface area contributed by atoms with E-state index in [1.54, 1.807) is 0 Å². The Morgan fingerprint density at radius 2 is 1.00 bits per heavy atom. The highest BCUT2D eigenvalue weighted by Crippen LogP contribution is 2.43. The molecule has 0 fully saturated rings. The molecule has 0 aromatic carbocycles. The van der Waals surface area contributed by atoms with Gasteiger partial charge in [-0.1, -0.05) is 152 Å². The number of carbonyl (C=O) groups excluding carboxylic acids is 1. The quantitative estimate of drug-likeness (QED) is 0.0273. The van der Waals surface area contributed by atoms with Crippen LogP contribution in [-0.2, 0) is 27.9 Å². The highest BCUT2D eigenvalue weighted by molar-refractivity contribution is 7.47. The van der Waals surface area contributed by atoms with Crippen LogP contribution in [0.25, 0.3) is 0 Å². The first-order valence-corrected chi connectivity index (χ1v) is 23.1. The number of allylic oxidation sites excluding steroid dienone is 8. The van der Waals surface area contributed by atoms with Gasteiger partial charge in [0.25, 0.3) is 0 Å². The van der Waals surface area contributed by atoms with Crippen LogP contribution in [-0.4, -0.2) is 49.9 Å². The maximum Gasteiger partial charge on any atom is 0.472 e. The Balaban J connectivity index is 4.07. The lowest BCUT2D eigenvalue weighted by atomic mass is 10.1. The van der Waals surface area contributed by atoms with Crippen LogP contribution in [0.4, 0.5) is 0 Å². The minimum absolute atomic E-state index is 0.0954. The smallest absolute Gasteiger partial charge is 0.457 e. The first-order valence-electron chi connectivity index (χ1n) is 21.6. The molecule has 53 heavy (non-hydrogen) atoms. The van der Waals surface area contributed by atoms with E-state index < -0.39 is 13.9 Å². The predicted molar refractivity (Wildman–Crippen MR) is 224 cm³/mol. The van der Waals surface area contributed by atoms with E-state index in [9.17, 15) is 14.3 Å². The molecule has 0 radical (unpaired) electrons. The first kappa shape index (κ1) is 51.5. The normalized spacial score (nSPS) is 14.0. The van der Waals surface area contributed by atoms with Gasteiger partial charge in [-0.2, -0.15) is 0 Å². The number of hydrogen-bond acceptors (Lipinski definition) is 7. The van der Waals surface area contributed by atoms with Crippen LogP contribution in [0.1, 0.15) is 187 Å². The molecule has 310 valence electrons. The van der Waals surface area contributed by atoms with Crippen molar-refractivity contribution in [3.63, 3.8) is 0 Å². The summed E-state index contributed by atoms with van der Waals surface area (Å²) >= 11 is 0. The molecule has 0 aromatic heterocycles. The molecule has 0 spiro atoms. The lowest BCUT2D eigenvalue weighted by Crippen LogP contribution is -2.28. The van der Waals surface area contributed by atoms with Crippen molar-refractivity contribution in [2.75, 3.05) is 33.0 Å². The fourth-order valence-corrected chi connectivity index (χ4v) is 6.53. The fraction of sp³-hybridized carbons (Fsp3) is 0.795. The third kappa shape index (κ3) is 41.5. The molecule has 0 heterocycles. The molecule has 9 heteroatoms. The van der Waals surface area contributed by atoms with E-state index in [1.165, 1.54) is 103 Å². The summed E-state index contributed by atoms with van der Waals surface area (Å²) in [5, 5.41) is 0. The van der Waals surface area contributed by atoms with E-state index in [4.69, 9.17) is 24.3 Å². The van der Waals surface area contributed by atoms with Crippen LogP contribution >= 0.6 is 7.82 Å². The van der Waals surface area contributed by atoms with E-state index in [0.29, 0.717) is 13.0 Å². The SMILES string of the molecule is CCCCC/C=C\C/C=C\CCCCCCCCCCOCC(COP(=O)(O)OCCN)OC(=O)CCCCCCC/C=C\C/C=C\CCCCCC. The van der Waals surface area contributed by atoms with Crippen molar-refractivity contribution in [3.05, 3.63) is 48.6 Å². The Morgan fingerprint density at radius 3 is 1.51 bits per heavy atom. The van der Waals surface area contributed by atoms with Crippen LogP contribution < -0.4 is 5.73 Å². The largest absolute Gasteiger partial charge is 0.472 e. The Hall–Kier alpha value is -1.54. The van der Waals surface area contributed by atoms with Gasteiger partial charge in [-0.15, -0.1) is 0 Å². The molecule has 2 atom stereocenters. The van der Waals surface area contributed by atoms with Crippen molar-refractivity contribution >= 4 is 13.8 Å². The van der Waals surface area contributed by atoms with E-state index in [-0.39, 0.29) is 32.3 Å². The number of phosphoric ester groups is 1.